The molecule has 17 heavy (non-hydrogen) atoms. The maximum absolute atomic E-state index is 10.4. The van der Waals surface area contributed by atoms with Crippen molar-refractivity contribution < 1.29 is 9.90 Å². The molecule has 3 nitrogen and oxygen atoms in total. The number of benzene rings is 1. The highest BCUT2D eigenvalue weighted by Gasteiger charge is 2.07. The molecule has 1 unspecified atom stereocenters. The summed E-state index contributed by atoms with van der Waals surface area (Å²) >= 11 is 4.50. The molecule has 1 aromatic carbocycles. The highest BCUT2D eigenvalue weighted by molar-refractivity contribution is 7.80. The second-order valence-electron chi connectivity index (χ2n) is 4.29. The van der Waals surface area contributed by atoms with Crippen LogP contribution in [0.5, 0.6) is 0 Å². The van der Waals surface area contributed by atoms with Crippen molar-refractivity contribution in [3.05, 3.63) is 29.8 Å². The molecule has 0 aliphatic carbocycles. The van der Waals surface area contributed by atoms with Gasteiger partial charge in [0.1, 0.15) is 0 Å². The van der Waals surface area contributed by atoms with E-state index in [0.29, 0.717) is 6.42 Å². The number of nitrogens with zero attached hydrogens (tertiary/aromatic N) is 1. The Balaban J connectivity index is 2.51. The van der Waals surface area contributed by atoms with Crippen molar-refractivity contribution in [3.8, 4) is 0 Å². The first kappa shape index (κ1) is 13.9. The van der Waals surface area contributed by atoms with E-state index in [2.05, 4.69) is 24.8 Å². The second kappa shape index (κ2) is 6.55. The molecule has 4 heteroatoms. The molecule has 1 aromatic rings. The van der Waals surface area contributed by atoms with Crippen molar-refractivity contribution in [3.63, 3.8) is 0 Å². The highest BCUT2D eigenvalue weighted by atomic mass is 32.1. The van der Waals surface area contributed by atoms with Gasteiger partial charge in [-0.3, -0.25) is 4.79 Å². The Hall–Kier alpha value is -1.16. The molecular weight excluding hydrogens is 234 g/mol. The molecule has 0 bridgehead atoms. The summed E-state index contributed by atoms with van der Waals surface area (Å²) in [6, 6.07) is 8.20. The predicted molar refractivity (Wildman–Crippen MR) is 74.0 cm³/mol. The molecule has 0 fully saturated rings. The summed E-state index contributed by atoms with van der Waals surface area (Å²) in [5.41, 5.74) is 2.30. The fraction of sp³-hybridized carbons (Fsp3) is 0.462. The summed E-state index contributed by atoms with van der Waals surface area (Å²) in [5.74, 6) is -0.742. The second-order valence-corrected chi connectivity index (χ2v) is 4.91. The van der Waals surface area contributed by atoms with Gasteiger partial charge in [-0.2, -0.15) is 12.6 Å². The van der Waals surface area contributed by atoms with E-state index in [0.717, 1.165) is 17.7 Å². The first-order chi connectivity index (χ1) is 8.00. The summed E-state index contributed by atoms with van der Waals surface area (Å²) in [5, 5.41) is 8.68. The van der Waals surface area contributed by atoms with Crippen molar-refractivity contribution in [2.45, 2.75) is 24.5 Å². The molecule has 0 spiro atoms. The zero-order chi connectivity index (χ0) is 12.8. The van der Waals surface area contributed by atoms with Gasteiger partial charge in [-0.1, -0.05) is 12.1 Å². The predicted octanol–water partition coefficient (Wildman–Crippen LogP) is 2.98. The molecule has 0 amide bonds. The van der Waals surface area contributed by atoms with Gasteiger partial charge < -0.3 is 10.0 Å². The van der Waals surface area contributed by atoms with Crippen LogP contribution < -0.4 is 4.90 Å². The molecular formula is C13H19NO2S. The number of anilines is 1. The number of rotatable bonds is 6. The van der Waals surface area contributed by atoms with E-state index in [1.54, 1.807) is 0 Å². The van der Waals surface area contributed by atoms with E-state index in [-0.39, 0.29) is 11.7 Å². The fourth-order valence-electron chi connectivity index (χ4n) is 1.61. The molecule has 0 aliphatic rings. The molecule has 0 aromatic heterocycles. The zero-order valence-electron chi connectivity index (χ0n) is 10.3. The quantitative estimate of drug-likeness (QED) is 0.766. The molecule has 1 atom stereocenters. The summed E-state index contributed by atoms with van der Waals surface area (Å²) < 4.78 is 0. The third-order valence-electron chi connectivity index (χ3n) is 2.66. The lowest BCUT2D eigenvalue weighted by Crippen LogP contribution is -2.08. The van der Waals surface area contributed by atoms with Crippen LogP contribution in [-0.4, -0.2) is 25.2 Å². The van der Waals surface area contributed by atoms with Gasteiger partial charge in [0.05, 0.1) is 0 Å². The van der Waals surface area contributed by atoms with Gasteiger partial charge in [-0.15, -0.1) is 0 Å². The van der Waals surface area contributed by atoms with Crippen molar-refractivity contribution in [1.82, 2.24) is 0 Å². The van der Waals surface area contributed by atoms with Gasteiger partial charge in [0, 0.05) is 31.5 Å². The normalized spacial score (nSPS) is 12.2. The van der Waals surface area contributed by atoms with E-state index in [9.17, 15) is 4.79 Å². The lowest BCUT2D eigenvalue weighted by molar-refractivity contribution is -0.137. The number of hydrogen-bond acceptors (Lipinski definition) is 3. The first-order valence-corrected chi connectivity index (χ1v) is 6.19. The van der Waals surface area contributed by atoms with E-state index in [1.165, 1.54) is 0 Å². The Bertz CT molecular complexity index is 362. The van der Waals surface area contributed by atoms with Crippen LogP contribution in [-0.2, 0) is 4.79 Å². The first-order valence-electron chi connectivity index (χ1n) is 5.68. The van der Waals surface area contributed by atoms with Crippen LogP contribution in [0.25, 0.3) is 0 Å². The molecule has 0 radical (unpaired) electrons. The van der Waals surface area contributed by atoms with E-state index in [1.807, 2.05) is 31.1 Å². The minimum Gasteiger partial charge on any atom is -0.481 e. The molecule has 0 saturated carbocycles. The minimum atomic E-state index is -0.742. The lowest BCUT2D eigenvalue weighted by Gasteiger charge is -2.15. The van der Waals surface area contributed by atoms with Gasteiger partial charge in [0.25, 0.3) is 0 Å². The van der Waals surface area contributed by atoms with Crippen molar-refractivity contribution in [1.29, 1.82) is 0 Å². The summed E-state index contributed by atoms with van der Waals surface area (Å²) in [4.78, 5) is 12.4. The number of carboxylic acid groups (broad SMARTS) is 1. The SMILES string of the molecule is CN(C)c1ccc(C(S)CCCC(=O)O)cc1. The molecule has 0 aliphatic heterocycles. The summed E-state index contributed by atoms with van der Waals surface area (Å²) in [6.45, 7) is 0. The van der Waals surface area contributed by atoms with Gasteiger partial charge in [0.2, 0.25) is 0 Å². The van der Waals surface area contributed by atoms with Gasteiger partial charge in [0.15, 0.2) is 0 Å². The zero-order valence-corrected chi connectivity index (χ0v) is 11.2. The average molecular weight is 253 g/mol. The van der Waals surface area contributed by atoms with Crippen LogP contribution >= 0.6 is 12.6 Å². The van der Waals surface area contributed by atoms with Crippen LogP contribution in [0.2, 0.25) is 0 Å². The van der Waals surface area contributed by atoms with Crippen molar-refractivity contribution in [2.24, 2.45) is 0 Å². The molecule has 94 valence electrons. The number of carbonyl (C=O) groups is 1. The van der Waals surface area contributed by atoms with Crippen LogP contribution in [0.1, 0.15) is 30.1 Å². The van der Waals surface area contributed by atoms with E-state index >= 15 is 0 Å². The summed E-state index contributed by atoms with van der Waals surface area (Å²) in [7, 11) is 4.00. The van der Waals surface area contributed by atoms with Gasteiger partial charge >= 0.3 is 5.97 Å². The lowest BCUT2D eigenvalue weighted by atomic mass is 10.1. The Kier molecular flexibility index (Phi) is 5.35. The van der Waals surface area contributed by atoms with Gasteiger partial charge in [-0.05, 0) is 30.5 Å². The Labute approximate surface area is 108 Å². The Morgan fingerprint density at radius 3 is 2.41 bits per heavy atom. The minimum absolute atomic E-state index is 0.116. The van der Waals surface area contributed by atoms with Gasteiger partial charge in [-0.25, -0.2) is 0 Å². The fourth-order valence-corrected chi connectivity index (χ4v) is 1.96. The number of thiol groups is 1. The van der Waals surface area contributed by atoms with Crippen LogP contribution in [0.3, 0.4) is 0 Å². The Morgan fingerprint density at radius 1 is 1.35 bits per heavy atom. The Morgan fingerprint density at radius 2 is 1.94 bits per heavy atom. The largest absolute Gasteiger partial charge is 0.481 e. The molecule has 1 rings (SSSR count). The monoisotopic (exact) mass is 253 g/mol. The van der Waals surface area contributed by atoms with E-state index < -0.39 is 5.97 Å². The smallest absolute Gasteiger partial charge is 0.303 e. The number of carboxylic acids is 1. The van der Waals surface area contributed by atoms with Crippen LogP contribution in [0, 0.1) is 0 Å². The topological polar surface area (TPSA) is 40.5 Å². The standard InChI is InChI=1S/C13H19NO2S/c1-14(2)11-8-6-10(7-9-11)12(17)4-3-5-13(15)16/h6-9,12,17H,3-5H2,1-2H3,(H,15,16). The average Bonchev–Trinajstić information content (AvgIpc) is 2.28. The van der Waals surface area contributed by atoms with Crippen molar-refractivity contribution in [2.75, 3.05) is 19.0 Å². The number of aliphatic carboxylic acids is 1. The third-order valence-corrected chi connectivity index (χ3v) is 3.22. The molecule has 0 heterocycles. The highest BCUT2D eigenvalue weighted by Crippen LogP contribution is 2.27. The summed E-state index contributed by atoms with van der Waals surface area (Å²) in [6.07, 6.45) is 1.67. The molecule has 0 saturated heterocycles. The number of hydrogen-bond donors (Lipinski definition) is 2. The third kappa shape index (κ3) is 4.69. The van der Waals surface area contributed by atoms with E-state index in [4.69, 9.17) is 5.11 Å². The maximum atomic E-state index is 10.4. The molecule has 1 N–H and O–H groups in total. The van der Waals surface area contributed by atoms with Crippen LogP contribution in [0.15, 0.2) is 24.3 Å². The maximum Gasteiger partial charge on any atom is 0.303 e. The van der Waals surface area contributed by atoms with Crippen LogP contribution in [0.4, 0.5) is 5.69 Å². The van der Waals surface area contributed by atoms with Crippen molar-refractivity contribution >= 4 is 24.3 Å².